The minimum absolute atomic E-state index is 0.0712. The van der Waals surface area contributed by atoms with Gasteiger partial charge in [0.15, 0.2) is 0 Å². The summed E-state index contributed by atoms with van der Waals surface area (Å²) in [7, 11) is 0. The van der Waals surface area contributed by atoms with Crippen molar-refractivity contribution >= 4 is 17.3 Å². The van der Waals surface area contributed by atoms with E-state index in [0.717, 1.165) is 17.8 Å². The van der Waals surface area contributed by atoms with Crippen LogP contribution < -0.4 is 5.01 Å². The molecule has 16 heavy (non-hydrogen) atoms. The largest absolute Gasteiger partial charge is 0.272 e. The van der Waals surface area contributed by atoms with Gasteiger partial charge in [0, 0.05) is 5.71 Å². The van der Waals surface area contributed by atoms with Crippen molar-refractivity contribution < 1.29 is 4.79 Å². The number of anilines is 1. The molecule has 0 aromatic heterocycles. The van der Waals surface area contributed by atoms with Crippen LogP contribution in [0, 0.1) is 5.92 Å². The zero-order chi connectivity index (χ0) is 11.5. The highest BCUT2D eigenvalue weighted by atomic mass is 16.2. The zero-order valence-electron chi connectivity index (χ0n) is 9.68. The number of benzene rings is 1. The number of hydrazone groups is 1. The van der Waals surface area contributed by atoms with Gasteiger partial charge in [0.25, 0.3) is 5.91 Å². The lowest BCUT2D eigenvalue weighted by molar-refractivity contribution is -0.116. The Balaban J connectivity index is 2.17. The van der Waals surface area contributed by atoms with E-state index in [2.05, 4.69) is 18.9 Å². The molecule has 0 N–H and O–H groups in total. The van der Waals surface area contributed by atoms with Gasteiger partial charge in [-0.25, -0.2) is 5.01 Å². The Kier molecular flexibility index (Phi) is 3.04. The fourth-order valence-corrected chi connectivity index (χ4v) is 1.84. The summed E-state index contributed by atoms with van der Waals surface area (Å²) in [5.41, 5.74) is 1.84. The lowest BCUT2D eigenvalue weighted by Gasteiger charge is -2.10. The molecule has 2 rings (SSSR count). The molecule has 84 valence electrons. The van der Waals surface area contributed by atoms with Crippen molar-refractivity contribution in [3.63, 3.8) is 0 Å². The van der Waals surface area contributed by atoms with Gasteiger partial charge in [0.05, 0.1) is 12.1 Å². The Labute approximate surface area is 95.8 Å². The van der Waals surface area contributed by atoms with Gasteiger partial charge in [-0.05, 0) is 24.5 Å². The van der Waals surface area contributed by atoms with E-state index in [1.165, 1.54) is 5.01 Å². The molecular formula is C13H16N2O. The third-order valence-electron chi connectivity index (χ3n) is 2.48. The monoisotopic (exact) mass is 216 g/mol. The molecule has 0 saturated carbocycles. The maximum atomic E-state index is 11.8. The highest BCUT2D eigenvalue weighted by molar-refractivity contribution is 6.12. The molecule has 0 fully saturated rings. The number of hydrogen-bond donors (Lipinski definition) is 0. The maximum absolute atomic E-state index is 11.8. The van der Waals surface area contributed by atoms with Crippen LogP contribution in [0.5, 0.6) is 0 Å². The van der Waals surface area contributed by atoms with Crippen LogP contribution in [0.4, 0.5) is 5.69 Å². The van der Waals surface area contributed by atoms with Crippen LogP contribution in [0.1, 0.15) is 26.7 Å². The topological polar surface area (TPSA) is 32.7 Å². The number of nitrogens with zero attached hydrogens (tertiary/aromatic N) is 2. The summed E-state index contributed by atoms with van der Waals surface area (Å²) in [6.45, 7) is 4.27. The van der Waals surface area contributed by atoms with Gasteiger partial charge in [-0.15, -0.1) is 0 Å². The predicted octanol–water partition coefficient (Wildman–Crippen LogP) is 2.83. The number of amides is 1. The number of hydrogen-bond acceptors (Lipinski definition) is 2. The minimum Gasteiger partial charge on any atom is -0.272 e. The first-order valence-corrected chi connectivity index (χ1v) is 5.61. The molecule has 0 spiro atoms. The standard InChI is InChI=1S/C13H16N2O/c1-10(2)8-11-9-13(16)15(14-11)12-6-4-3-5-7-12/h3-7,10H,8-9H2,1-2H3. The van der Waals surface area contributed by atoms with Crippen LogP contribution in [0.2, 0.25) is 0 Å². The smallest absolute Gasteiger partial charge is 0.253 e. The van der Waals surface area contributed by atoms with E-state index in [0.29, 0.717) is 12.3 Å². The quantitative estimate of drug-likeness (QED) is 0.764. The van der Waals surface area contributed by atoms with E-state index in [4.69, 9.17) is 0 Å². The molecule has 1 aliphatic heterocycles. The fourth-order valence-electron chi connectivity index (χ4n) is 1.84. The van der Waals surface area contributed by atoms with Crippen molar-refractivity contribution in [3.05, 3.63) is 30.3 Å². The number of carbonyl (C=O) groups is 1. The molecule has 0 saturated heterocycles. The van der Waals surface area contributed by atoms with Crippen LogP contribution in [-0.4, -0.2) is 11.6 Å². The maximum Gasteiger partial charge on any atom is 0.253 e. The molecule has 1 aliphatic rings. The molecule has 0 aliphatic carbocycles. The van der Waals surface area contributed by atoms with E-state index >= 15 is 0 Å². The Morgan fingerprint density at radius 3 is 2.62 bits per heavy atom. The van der Waals surface area contributed by atoms with Crippen molar-refractivity contribution in [2.24, 2.45) is 11.0 Å². The van der Waals surface area contributed by atoms with Gasteiger partial charge < -0.3 is 0 Å². The van der Waals surface area contributed by atoms with E-state index in [1.54, 1.807) is 0 Å². The lowest BCUT2D eigenvalue weighted by atomic mass is 10.1. The zero-order valence-corrected chi connectivity index (χ0v) is 9.68. The van der Waals surface area contributed by atoms with Crippen LogP contribution in [0.15, 0.2) is 35.4 Å². The highest BCUT2D eigenvalue weighted by Gasteiger charge is 2.24. The third-order valence-corrected chi connectivity index (χ3v) is 2.48. The van der Waals surface area contributed by atoms with Gasteiger partial charge in [0.1, 0.15) is 0 Å². The number of carbonyl (C=O) groups excluding carboxylic acids is 1. The van der Waals surface area contributed by atoms with Crippen LogP contribution in [0.3, 0.4) is 0 Å². The van der Waals surface area contributed by atoms with Gasteiger partial charge in [0.2, 0.25) is 0 Å². The summed E-state index contributed by atoms with van der Waals surface area (Å²) in [5, 5.41) is 5.89. The molecular weight excluding hydrogens is 200 g/mol. The van der Waals surface area contributed by atoms with Gasteiger partial charge >= 0.3 is 0 Å². The molecule has 1 heterocycles. The SMILES string of the molecule is CC(C)CC1=NN(c2ccccc2)C(=O)C1. The summed E-state index contributed by atoms with van der Waals surface area (Å²) in [6, 6.07) is 9.57. The molecule has 0 unspecified atom stereocenters. The summed E-state index contributed by atoms with van der Waals surface area (Å²) < 4.78 is 0. The third kappa shape index (κ3) is 2.30. The first kappa shape index (κ1) is 10.9. The predicted molar refractivity (Wildman–Crippen MR) is 65.4 cm³/mol. The molecule has 0 bridgehead atoms. The second-order valence-corrected chi connectivity index (χ2v) is 4.48. The second kappa shape index (κ2) is 4.47. The average molecular weight is 216 g/mol. The summed E-state index contributed by atoms with van der Waals surface area (Å²) in [5.74, 6) is 0.615. The van der Waals surface area contributed by atoms with Crippen molar-refractivity contribution in [1.29, 1.82) is 0 Å². The molecule has 1 aromatic rings. The molecule has 1 amide bonds. The molecule has 3 nitrogen and oxygen atoms in total. The number of rotatable bonds is 3. The Bertz CT molecular complexity index is 409. The van der Waals surface area contributed by atoms with E-state index in [9.17, 15) is 4.79 Å². The number of para-hydroxylation sites is 1. The average Bonchev–Trinajstić information content (AvgIpc) is 2.60. The van der Waals surface area contributed by atoms with Crippen molar-refractivity contribution in [2.75, 3.05) is 5.01 Å². The minimum atomic E-state index is 0.0712. The van der Waals surface area contributed by atoms with Crippen LogP contribution in [-0.2, 0) is 4.79 Å². The summed E-state index contributed by atoms with van der Waals surface area (Å²) >= 11 is 0. The normalized spacial score (nSPS) is 15.8. The fraction of sp³-hybridized carbons (Fsp3) is 0.385. The molecule has 1 aromatic carbocycles. The first-order chi connectivity index (χ1) is 7.66. The van der Waals surface area contributed by atoms with Gasteiger partial charge in [-0.1, -0.05) is 32.0 Å². The van der Waals surface area contributed by atoms with E-state index in [-0.39, 0.29) is 5.91 Å². The van der Waals surface area contributed by atoms with Crippen LogP contribution in [0.25, 0.3) is 0 Å². The Hall–Kier alpha value is -1.64. The van der Waals surface area contributed by atoms with Crippen molar-refractivity contribution in [3.8, 4) is 0 Å². The molecule has 0 atom stereocenters. The van der Waals surface area contributed by atoms with Crippen molar-refractivity contribution in [2.45, 2.75) is 26.7 Å². The summed E-state index contributed by atoms with van der Waals surface area (Å²) in [6.07, 6.45) is 1.36. The second-order valence-electron chi connectivity index (χ2n) is 4.48. The van der Waals surface area contributed by atoms with E-state index in [1.807, 2.05) is 30.3 Å². The highest BCUT2D eigenvalue weighted by Crippen LogP contribution is 2.21. The van der Waals surface area contributed by atoms with Gasteiger partial charge in [-0.2, -0.15) is 5.10 Å². The van der Waals surface area contributed by atoms with E-state index < -0.39 is 0 Å². The summed E-state index contributed by atoms with van der Waals surface area (Å²) in [4.78, 5) is 11.8. The molecule has 0 radical (unpaired) electrons. The molecule has 3 heteroatoms. The Morgan fingerprint density at radius 1 is 1.31 bits per heavy atom. The van der Waals surface area contributed by atoms with Crippen molar-refractivity contribution in [1.82, 2.24) is 0 Å². The lowest BCUT2D eigenvalue weighted by Crippen LogP contribution is -2.19. The van der Waals surface area contributed by atoms with Gasteiger partial charge in [-0.3, -0.25) is 4.79 Å². The van der Waals surface area contributed by atoms with Crippen LogP contribution >= 0.6 is 0 Å². The first-order valence-electron chi connectivity index (χ1n) is 5.61. The Morgan fingerprint density at radius 2 is 2.00 bits per heavy atom.